The maximum absolute atomic E-state index is 10.6. The number of rotatable bonds is 4. The third-order valence-electron chi connectivity index (χ3n) is 4.36. The van der Waals surface area contributed by atoms with Crippen LogP contribution in [0.25, 0.3) is 0 Å². The van der Waals surface area contributed by atoms with Gasteiger partial charge in [0.1, 0.15) is 5.75 Å². The number of ether oxygens (including phenoxy) is 1. The summed E-state index contributed by atoms with van der Waals surface area (Å²) in [5.74, 6) is 0.848. The lowest BCUT2D eigenvalue weighted by Gasteiger charge is -2.15. The van der Waals surface area contributed by atoms with E-state index < -0.39 is 6.10 Å². The van der Waals surface area contributed by atoms with Crippen LogP contribution in [0, 0.1) is 6.92 Å². The van der Waals surface area contributed by atoms with Crippen molar-refractivity contribution in [2.24, 2.45) is 0 Å². The zero-order valence-corrected chi connectivity index (χ0v) is 12.7. The Labute approximate surface area is 126 Å². The van der Waals surface area contributed by atoms with E-state index in [4.69, 9.17) is 4.74 Å². The molecule has 3 rings (SSSR count). The van der Waals surface area contributed by atoms with Crippen LogP contribution in [0.3, 0.4) is 0 Å². The van der Waals surface area contributed by atoms with Crippen molar-refractivity contribution in [2.75, 3.05) is 7.11 Å². The molecule has 0 saturated carbocycles. The van der Waals surface area contributed by atoms with Crippen molar-refractivity contribution in [3.8, 4) is 5.75 Å². The SMILES string of the molecule is COc1ccc(C)cc1CC(O)c1ccc2c(c1)CCC2. The second-order valence-corrected chi connectivity index (χ2v) is 5.92. The molecule has 0 amide bonds. The van der Waals surface area contributed by atoms with Crippen LogP contribution in [0.15, 0.2) is 36.4 Å². The molecule has 2 aromatic carbocycles. The van der Waals surface area contributed by atoms with E-state index in [1.165, 1.54) is 29.5 Å². The first kappa shape index (κ1) is 14.2. The Balaban J connectivity index is 1.83. The Bertz CT molecular complexity index is 646. The molecule has 2 nitrogen and oxygen atoms in total. The summed E-state index contributed by atoms with van der Waals surface area (Å²) in [7, 11) is 1.68. The summed E-state index contributed by atoms with van der Waals surface area (Å²) in [5, 5.41) is 10.6. The maximum atomic E-state index is 10.6. The third kappa shape index (κ3) is 2.96. The number of aliphatic hydroxyl groups excluding tert-OH is 1. The van der Waals surface area contributed by atoms with Crippen molar-refractivity contribution in [1.82, 2.24) is 0 Å². The Hall–Kier alpha value is -1.80. The molecule has 0 spiro atoms. The molecule has 1 N–H and O–H groups in total. The molecule has 21 heavy (non-hydrogen) atoms. The van der Waals surface area contributed by atoms with E-state index >= 15 is 0 Å². The van der Waals surface area contributed by atoms with Crippen LogP contribution >= 0.6 is 0 Å². The van der Waals surface area contributed by atoms with Crippen LogP contribution in [0.5, 0.6) is 5.75 Å². The molecule has 0 fully saturated rings. The first-order valence-electron chi connectivity index (χ1n) is 7.60. The first-order chi connectivity index (χ1) is 10.2. The normalized spacial score (nSPS) is 14.8. The molecule has 0 heterocycles. The van der Waals surface area contributed by atoms with E-state index in [-0.39, 0.29) is 0 Å². The van der Waals surface area contributed by atoms with Crippen molar-refractivity contribution in [2.45, 2.75) is 38.7 Å². The molecular weight excluding hydrogens is 260 g/mol. The van der Waals surface area contributed by atoms with Crippen LogP contribution in [-0.2, 0) is 19.3 Å². The van der Waals surface area contributed by atoms with Crippen molar-refractivity contribution >= 4 is 0 Å². The highest BCUT2D eigenvalue weighted by Crippen LogP contribution is 2.29. The van der Waals surface area contributed by atoms with Gasteiger partial charge in [0.2, 0.25) is 0 Å². The molecule has 2 aromatic rings. The molecule has 1 unspecified atom stereocenters. The quantitative estimate of drug-likeness (QED) is 0.925. The molecule has 0 saturated heterocycles. The second kappa shape index (κ2) is 5.90. The number of benzene rings is 2. The van der Waals surface area contributed by atoms with Gasteiger partial charge in [-0.3, -0.25) is 0 Å². The Morgan fingerprint density at radius 3 is 2.71 bits per heavy atom. The first-order valence-corrected chi connectivity index (χ1v) is 7.60. The van der Waals surface area contributed by atoms with Gasteiger partial charge in [0.05, 0.1) is 13.2 Å². The molecule has 2 heteroatoms. The summed E-state index contributed by atoms with van der Waals surface area (Å²) in [4.78, 5) is 0. The molecule has 1 aliphatic rings. The van der Waals surface area contributed by atoms with Crippen LogP contribution in [0.2, 0.25) is 0 Å². The number of aryl methyl sites for hydroxylation is 3. The molecule has 1 atom stereocenters. The van der Waals surface area contributed by atoms with Crippen molar-refractivity contribution in [3.05, 3.63) is 64.2 Å². The van der Waals surface area contributed by atoms with E-state index in [1.807, 2.05) is 12.1 Å². The number of aliphatic hydroxyl groups is 1. The minimum atomic E-state index is -0.480. The van der Waals surface area contributed by atoms with Gasteiger partial charge in [-0.2, -0.15) is 0 Å². The summed E-state index contributed by atoms with van der Waals surface area (Å²) < 4.78 is 5.40. The minimum Gasteiger partial charge on any atom is -0.496 e. The predicted molar refractivity (Wildman–Crippen MR) is 84.9 cm³/mol. The Kier molecular flexibility index (Phi) is 3.98. The lowest BCUT2D eigenvalue weighted by molar-refractivity contribution is 0.177. The maximum Gasteiger partial charge on any atom is 0.122 e. The van der Waals surface area contributed by atoms with Gasteiger partial charge in [-0.1, -0.05) is 35.9 Å². The molecule has 0 aliphatic heterocycles. The van der Waals surface area contributed by atoms with E-state index in [9.17, 15) is 5.11 Å². The summed E-state index contributed by atoms with van der Waals surface area (Å²) >= 11 is 0. The zero-order chi connectivity index (χ0) is 14.8. The largest absolute Gasteiger partial charge is 0.496 e. The van der Waals surface area contributed by atoms with Crippen LogP contribution < -0.4 is 4.74 Å². The smallest absolute Gasteiger partial charge is 0.122 e. The number of hydrogen-bond donors (Lipinski definition) is 1. The summed E-state index contributed by atoms with van der Waals surface area (Å²) in [6.45, 7) is 2.06. The van der Waals surface area contributed by atoms with Gasteiger partial charge < -0.3 is 9.84 Å². The van der Waals surface area contributed by atoms with Gasteiger partial charge in [0.15, 0.2) is 0 Å². The standard InChI is InChI=1S/C19H22O2/c1-13-6-9-19(21-2)17(10-13)12-18(20)16-8-7-14-4-3-5-15(14)11-16/h6-11,18,20H,3-5,12H2,1-2H3. The van der Waals surface area contributed by atoms with Gasteiger partial charge in [0, 0.05) is 6.42 Å². The van der Waals surface area contributed by atoms with E-state index in [2.05, 4.69) is 31.2 Å². The Morgan fingerprint density at radius 2 is 1.90 bits per heavy atom. The van der Waals surface area contributed by atoms with Gasteiger partial charge in [-0.05, 0) is 54.5 Å². The van der Waals surface area contributed by atoms with Gasteiger partial charge in [0.25, 0.3) is 0 Å². The summed E-state index contributed by atoms with van der Waals surface area (Å²) in [5.41, 5.74) is 6.11. The molecule has 1 aliphatic carbocycles. The molecule has 110 valence electrons. The fraction of sp³-hybridized carbons (Fsp3) is 0.368. The van der Waals surface area contributed by atoms with Crippen LogP contribution in [0.4, 0.5) is 0 Å². The average molecular weight is 282 g/mol. The van der Waals surface area contributed by atoms with Gasteiger partial charge in [-0.25, -0.2) is 0 Å². The van der Waals surface area contributed by atoms with Gasteiger partial charge >= 0.3 is 0 Å². The summed E-state index contributed by atoms with van der Waals surface area (Å²) in [6, 6.07) is 12.5. The summed E-state index contributed by atoms with van der Waals surface area (Å²) in [6.07, 6.45) is 3.66. The van der Waals surface area contributed by atoms with Crippen molar-refractivity contribution in [3.63, 3.8) is 0 Å². The molecule has 0 bridgehead atoms. The molecular formula is C19H22O2. The highest BCUT2D eigenvalue weighted by molar-refractivity contribution is 5.40. The Morgan fingerprint density at radius 1 is 1.10 bits per heavy atom. The van der Waals surface area contributed by atoms with E-state index in [1.54, 1.807) is 7.11 Å². The lowest BCUT2D eigenvalue weighted by Crippen LogP contribution is -2.04. The fourth-order valence-electron chi connectivity index (χ4n) is 3.19. The van der Waals surface area contributed by atoms with Gasteiger partial charge in [-0.15, -0.1) is 0 Å². The van der Waals surface area contributed by atoms with Crippen LogP contribution in [0.1, 0.15) is 40.3 Å². The third-order valence-corrected chi connectivity index (χ3v) is 4.36. The second-order valence-electron chi connectivity index (χ2n) is 5.92. The fourth-order valence-corrected chi connectivity index (χ4v) is 3.19. The number of hydrogen-bond acceptors (Lipinski definition) is 2. The minimum absolute atomic E-state index is 0.480. The predicted octanol–water partition coefficient (Wildman–Crippen LogP) is 3.77. The molecule has 0 aromatic heterocycles. The zero-order valence-electron chi connectivity index (χ0n) is 12.7. The topological polar surface area (TPSA) is 29.5 Å². The van der Waals surface area contributed by atoms with E-state index in [0.29, 0.717) is 6.42 Å². The van der Waals surface area contributed by atoms with Crippen molar-refractivity contribution in [1.29, 1.82) is 0 Å². The van der Waals surface area contributed by atoms with E-state index in [0.717, 1.165) is 23.3 Å². The lowest BCUT2D eigenvalue weighted by atomic mass is 9.97. The number of fused-ring (bicyclic) bond motifs is 1. The number of methoxy groups -OCH3 is 1. The molecule has 0 radical (unpaired) electrons. The highest BCUT2D eigenvalue weighted by Gasteiger charge is 2.16. The monoisotopic (exact) mass is 282 g/mol. The highest BCUT2D eigenvalue weighted by atomic mass is 16.5. The van der Waals surface area contributed by atoms with Crippen molar-refractivity contribution < 1.29 is 9.84 Å². The average Bonchev–Trinajstić information content (AvgIpc) is 2.94. The van der Waals surface area contributed by atoms with Crippen LogP contribution in [-0.4, -0.2) is 12.2 Å².